The van der Waals surface area contributed by atoms with Gasteiger partial charge < -0.3 is 9.30 Å². The molecule has 0 N–H and O–H groups in total. The van der Waals surface area contributed by atoms with Crippen LogP contribution in [0.4, 0.5) is 4.39 Å². The molecule has 0 radical (unpaired) electrons. The standard InChI is InChI=1S/C14H14FNO2/c1-2-18-13-4-3-9-16(14(13)17)10-11-5-7-12(15)8-6-11/h3-9H,2,10H2,1H3. The van der Waals surface area contributed by atoms with Crippen molar-refractivity contribution < 1.29 is 9.13 Å². The summed E-state index contributed by atoms with van der Waals surface area (Å²) < 4.78 is 19.6. The summed E-state index contributed by atoms with van der Waals surface area (Å²) in [7, 11) is 0. The third-order valence-corrected chi connectivity index (χ3v) is 2.55. The molecule has 3 nitrogen and oxygen atoms in total. The Morgan fingerprint density at radius 2 is 1.94 bits per heavy atom. The van der Waals surface area contributed by atoms with E-state index in [0.717, 1.165) is 5.56 Å². The van der Waals surface area contributed by atoms with Crippen molar-refractivity contribution in [2.24, 2.45) is 0 Å². The van der Waals surface area contributed by atoms with Crippen LogP contribution in [0.3, 0.4) is 0 Å². The van der Waals surface area contributed by atoms with Gasteiger partial charge in [-0.1, -0.05) is 12.1 Å². The Morgan fingerprint density at radius 3 is 2.61 bits per heavy atom. The Balaban J connectivity index is 2.26. The number of rotatable bonds is 4. The molecular weight excluding hydrogens is 233 g/mol. The quantitative estimate of drug-likeness (QED) is 0.831. The minimum Gasteiger partial charge on any atom is -0.488 e. The first-order valence-corrected chi connectivity index (χ1v) is 5.77. The van der Waals surface area contributed by atoms with E-state index in [4.69, 9.17) is 4.74 Å². The number of hydrogen-bond donors (Lipinski definition) is 0. The van der Waals surface area contributed by atoms with Crippen LogP contribution in [0.25, 0.3) is 0 Å². The second-order valence-electron chi connectivity index (χ2n) is 3.86. The van der Waals surface area contributed by atoms with E-state index in [1.807, 2.05) is 6.92 Å². The van der Waals surface area contributed by atoms with Crippen LogP contribution in [0.1, 0.15) is 12.5 Å². The van der Waals surface area contributed by atoms with Crippen LogP contribution in [0.5, 0.6) is 5.75 Å². The van der Waals surface area contributed by atoms with Crippen LogP contribution in [-0.2, 0) is 6.54 Å². The van der Waals surface area contributed by atoms with Crippen LogP contribution in [0.2, 0.25) is 0 Å². The van der Waals surface area contributed by atoms with Gasteiger partial charge in [-0.3, -0.25) is 4.79 Å². The van der Waals surface area contributed by atoms with Crippen molar-refractivity contribution in [3.63, 3.8) is 0 Å². The average Bonchev–Trinajstić information content (AvgIpc) is 2.37. The smallest absolute Gasteiger partial charge is 0.293 e. The van der Waals surface area contributed by atoms with Gasteiger partial charge in [-0.2, -0.15) is 0 Å². The molecule has 0 bridgehead atoms. The summed E-state index contributed by atoms with van der Waals surface area (Å²) in [5.74, 6) is 0.0521. The molecule has 2 aromatic rings. The summed E-state index contributed by atoms with van der Waals surface area (Å²) in [5, 5.41) is 0. The molecule has 0 aliphatic rings. The monoisotopic (exact) mass is 247 g/mol. The molecule has 1 heterocycles. The lowest BCUT2D eigenvalue weighted by atomic mass is 10.2. The van der Waals surface area contributed by atoms with Crippen molar-refractivity contribution in [3.05, 3.63) is 64.3 Å². The molecule has 2 rings (SSSR count). The Hall–Kier alpha value is -2.10. The van der Waals surface area contributed by atoms with Crippen LogP contribution in [0, 0.1) is 5.82 Å². The number of hydrogen-bond acceptors (Lipinski definition) is 2. The van der Waals surface area contributed by atoms with Gasteiger partial charge in [0, 0.05) is 6.20 Å². The minimum atomic E-state index is -0.283. The fourth-order valence-electron chi connectivity index (χ4n) is 1.69. The van der Waals surface area contributed by atoms with E-state index in [1.54, 1.807) is 30.5 Å². The molecule has 4 heteroatoms. The van der Waals surface area contributed by atoms with Crippen molar-refractivity contribution in [2.45, 2.75) is 13.5 Å². The van der Waals surface area contributed by atoms with Crippen LogP contribution in [0.15, 0.2) is 47.4 Å². The van der Waals surface area contributed by atoms with Gasteiger partial charge in [-0.25, -0.2) is 4.39 Å². The minimum absolute atomic E-state index is 0.177. The molecule has 0 unspecified atom stereocenters. The SMILES string of the molecule is CCOc1cccn(Cc2ccc(F)cc2)c1=O. The maximum Gasteiger partial charge on any atom is 0.293 e. The van der Waals surface area contributed by atoms with Crippen LogP contribution in [-0.4, -0.2) is 11.2 Å². The number of benzene rings is 1. The van der Waals surface area contributed by atoms with Crippen LogP contribution < -0.4 is 10.3 Å². The number of pyridine rings is 1. The topological polar surface area (TPSA) is 31.2 Å². The van der Waals surface area contributed by atoms with Crippen molar-refractivity contribution in [3.8, 4) is 5.75 Å². The van der Waals surface area contributed by atoms with Crippen molar-refractivity contribution >= 4 is 0 Å². The first-order chi connectivity index (χ1) is 8.70. The van der Waals surface area contributed by atoms with Gasteiger partial charge in [-0.15, -0.1) is 0 Å². The van der Waals surface area contributed by atoms with Gasteiger partial charge in [-0.05, 0) is 36.8 Å². The van der Waals surface area contributed by atoms with E-state index in [9.17, 15) is 9.18 Å². The lowest BCUT2D eigenvalue weighted by Crippen LogP contribution is -2.21. The molecule has 0 atom stereocenters. The van der Waals surface area contributed by atoms with Gasteiger partial charge in [0.15, 0.2) is 5.75 Å². The first kappa shape index (κ1) is 12.4. The van der Waals surface area contributed by atoms with E-state index in [-0.39, 0.29) is 11.4 Å². The Morgan fingerprint density at radius 1 is 1.22 bits per heavy atom. The lowest BCUT2D eigenvalue weighted by molar-refractivity contribution is 0.332. The first-order valence-electron chi connectivity index (χ1n) is 5.77. The average molecular weight is 247 g/mol. The highest BCUT2D eigenvalue weighted by atomic mass is 19.1. The molecule has 0 saturated heterocycles. The Bertz CT molecular complexity index is 575. The molecule has 0 saturated carbocycles. The fourth-order valence-corrected chi connectivity index (χ4v) is 1.69. The second-order valence-corrected chi connectivity index (χ2v) is 3.86. The third-order valence-electron chi connectivity index (χ3n) is 2.55. The van der Waals surface area contributed by atoms with Gasteiger partial charge in [0.05, 0.1) is 13.2 Å². The maximum atomic E-state index is 12.8. The molecule has 94 valence electrons. The molecule has 1 aromatic carbocycles. The summed E-state index contributed by atoms with van der Waals surface area (Å²) >= 11 is 0. The molecule has 0 spiro atoms. The molecule has 0 amide bonds. The second kappa shape index (κ2) is 5.49. The van der Waals surface area contributed by atoms with Crippen molar-refractivity contribution in [1.29, 1.82) is 0 Å². The van der Waals surface area contributed by atoms with Gasteiger partial charge >= 0.3 is 0 Å². The number of halogens is 1. The largest absolute Gasteiger partial charge is 0.488 e. The van der Waals surface area contributed by atoms with Gasteiger partial charge in [0.2, 0.25) is 0 Å². The predicted molar refractivity (Wildman–Crippen MR) is 67.4 cm³/mol. The Kier molecular flexibility index (Phi) is 3.77. The molecule has 18 heavy (non-hydrogen) atoms. The predicted octanol–water partition coefficient (Wildman–Crippen LogP) is 2.43. The van der Waals surface area contributed by atoms with Crippen LogP contribution >= 0.6 is 0 Å². The summed E-state index contributed by atoms with van der Waals surface area (Å²) in [6, 6.07) is 9.49. The molecule has 0 aliphatic carbocycles. The number of nitrogens with zero attached hydrogens (tertiary/aromatic N) is 1. The molecule has 1 aromatic heterocycles. The maximum absolute atomic E-state index is 12.8. The summed E-state index contributed by atoms with van der Waals surface area (Å²) in [6.07, 6.45) is 1.69. The van der Waals surface area contributed by atoms with E-state index in [1.165, 1.54) is 16.7 Å². The lowest BCUT2D eigenvalue weighted by Gasteiger charge is -2.08. The van der Waals surface area contributed by atoms with Crippen molar-refractivity contribution in [2.75, 3.05) is 6.61 Å². The van der Waals surface area contributed by atoms with Gasteiger partial charge in [0.25, 0.3) is 5.56 Å². The number of ether oxygens (including phenoxy) is 1. The number of aromatic nitrogens is 1. The third kappa shape index (κ3) is 2.77. The zero-order chi connectivity index (χ0) is 13.0. The highest BCUT2D eigenvalue weighted by molar-refractivity contribution is 5.20. The Labute approximate surface area is 104 Å². The summed E-state index contributed by atoms with van der Waals surface area (Å²) in [4.78, 5) is 12.0. The fraction of sp³-hybridized carbons (Fsp3) is 0.214. The van der Waals surface area contributed by atoms with E-state index >= 15 is 0 Å². The zero-order valence-electron chi connectivity index (χ0n) is 10.1. The summed E-state index contributed by atoms with van der Waals surface area (Å²) in [5.41, 5.74) is 0.691. The molecule has 0 fully saturated rings. The molecule has 0 aliphatic heterocycles. The van der Waals surface area contributed by atoms with Crippen molar-refractivity contribution in [1.82, 2.24) is 4.57 Å². The highest BCUT2D eigenvalue weighted by Crippen LogP contribution is 2.06. The van der Waals surface area contributed by atoms with Gasteiger partial charge in [0.1, 0.15) is 5.82 Å². The zero-order valence-corrected chi connectivity index (χ0v) is 10.1. The van der Waals surface area contributed by atoms with E-state index in [0.29, 0.717) is 18.9 Å². The van der Waals surface area contributed by atoms with E-state index in [2.05, 4.69) is 0 Å². The normalized spacial score (nSPS) is 10.3. The van der Waals surface area contributed by atoms with E-state index < -0.39 is 0 Å². The summed E-state index contributed by atoms with van der Waals surface area (Å²) in [6.45, 7) is 2.69. The molecular formula is C14H14FNO2. The highest BCUT2D eigenvalue weighted by Gasteiger charge is 2.04.